The molecule has 1 heterocycles. The summed E-state index contributed by atoms with van der Waals surface area (Å²) in [5.74, 6) is 0. The lowest BCUT2D eigenvalue weighted by molar-refractivity contribution is -0.0751. The van der Waals surface area contributed by atoms with E-state index in [0.717, 1.165) is 32.8 Å². The highest BCUT2D eigenvalue weighted by Gasteiger charge is 2.19. The number of rotatable bonds is 5. The van der Waals surface area contributed by atoms with Gasteiger partial charge >= 0.3 is 0 Å². The zero-order valence-electron chi connectivity index (χ0n) is 8.88. The molecule has 0 aliphatic carbocycles. The molecule has 0 aromatic heterocycles. The van der Waals surface area contributed by atoms with Crippen LogP contribution in [0.15, 0.2) is 0 Å². The predicted molar refractivity (Wildman–Crippen MR) is 54.8 cm³/mol. The van der Waals surface area contributed by atoms with Gasteiger partial charge in [0.05, 0.1) is 6.61 Å². The zero-order chi connectivity index (χ0) is 9.52. The van der Waals surface area contributed by atoms with E-state index in [9.17, 15) is 0 Å². The van der Waals surface area contributed by atoms with Crippen LogP contribution in [0, 0.1) is 0 Å². The Morgan fingerprint density at radius 1 is 1.31 bits per heavy atom. The fraction of sp³-hybridized carbons (Fsp3) is 1.00. The van der Waals surface area contributed by atoms with Gasteiger partial charge in [0.25, 0.3) is 0 Å². The molecule has 1 rings (SSSR count). The number of morpholine rings is 1. The lowest BCUT2D eigenvalue weighted by Gasteiger charge is -2.34. The Bertz CT molecular complexity index is 118. The summed E-state index contributed by atoms with van der Waals surface area (Å²) in [5.41, 5.74) is 0. The van der Waals surface area contributed by atoms with Gasteiger partial charge in [0.15, 0.2) is 0 Å². The van der Waals surface area contributed by atoms with Gasteiger partial charge in [-0.3, -0.25) is 4.90 Å². The van der Waals surface area contributed by atoms with E-state index >= 15 is 0 Å². The van der Waals surface area contributed by atoms with Crippen molar-refractivity contribution in [1.29, 1.82) is 0 Å². The molecule has 0 radical (unpaired) electrons. The molecule has 1 atom stereocenters. The first-order valence-electron chi connectivity index (χ1n) is 5.44. The van der Waals surface area contributed by atoms with Gasteiger partial charge in [-0.15, -0.1) is 0 Å². The first-order valence-corrected chi connectivity index (χ1v) is 5.44. The summed E-state index contributed by atoms with van der Waals surface area (Å²) < 4.78 is 5.71. The molecular formula is C10H22N2O. The molecule has 0 spiro atoms. The molecule has 0 aromatic carbocycles. The molecule has 0 bridgehead atoms. The van der Waals surface area contributed by atoms with E-state index in [-0.39, 0.29) is 0 Å². The fourth-order valence-electron chi connectivity index (χ4n) is 1.76. The van der Waals surface area contributed by atoms with Crippen LogP contribution in [-0.2, 0) is 4.74 Å². The number of nitrogens with zero attached hydrogens (tertiary/aromatic N) is 1. The van der Waals surface area contributed by atoms with E-state index in [2.05, 4.69) is 24.1 Å². The highest BCUT2D eigenvalue weighted by Crippen LogP contribution is 2.05. The highest BCUT2D eigenvalue weighted by molar-refractivity contribution is 4.69. The molecule has 1 saturated heterocycles. The summed E-state index contributed by atoms with van der Waals surface area (Å²) in [6.07, 6.45) is 2.73. The Kier molecular flexibility index (Phi) is 5.35. The van der Waals surface area contributed by atoms with Gasteiger partial charge in [-0.05, 0) is 12.8 Å². The van der Waals surface area contributed by atoms with Gasteiger partial charge in [0, 0.05) is 26.2 Å². The molecule has 1 fully saturated rings. The smallest absolute Gasteiger partial charge is 0.123 e. The van der Waals surface area contributed by atoms with E-state index in [1.54, 1.807) is 0 Å². The van der Waals surface area contributed by atoms with Crippen LogP contribution in [0.2, 0.25) is 0 Å². The number of nitrogens with one attached hydrogen (secondary N) is 1. The van der Waals surface area contributed by atoms with E-state index in [0.29, 0.717) is 6.23 Å². The van der Waals surface area contributed by atoms with E-state index in [4.69, 9.17) is 4.74 Å². The minimum absolute atomic E-state index is 0.314. The molecule has 0 aromatic rings. The van der Waals surface area contributed by atoms with Crippen molar-refractivity contribution in [3.8, 4) is 0 Å². The Balaban J connectivity index is 2.32. The van der Waals surface area contributed by atoms with Crippen molar-refractivity contribution in [1.82, 2.24) is 10.2 Å². The molecule has 1 N–H and O–H groups in total. The van der Waals surface area contributed by atoms with E-state index < -0.39 is 0 Å². The summed E-state index contributed by atoms with van der Waals surface area (Å²) in [7, 11) is 0. The van der Waals surface area contributed by atoms with Crippen LogP contribution < -0.4 is 5.32 Å². The third kappa shape index (κ3) is 3.63. The predicted octanol–water partition coefficient (Wildman–Crippen LogP) is 1.05. The van der Waals surface area contributed by atoms with Crippen molar-refractivity contribution in [2.75, 3.05) is 32.8 Å². The SMILES string of the molecule is CCCN(CCC)C1CNCCO1. The molecular weight excluding hydrogens is 164 g/mol. The molecule has 0 saturated carbocycles. The maximum absolute atomic E-state index is 5.71. The molecule has 0 amide bonds. The first kappa shape index (κ1) is 11.0. The highest BCUT2D eigenvalue weighted by atomic mass is 16.5. The molecule has 13 heavy (non-hydrogen) atoms. The Morgan fingerprint density at radius 2 is 2.00 bits per heavy atom. The summed E-state index contributed by atoms with van der Waals surface area (Å²) in [6.45, 7) is 9.59. The van der Waals surface area contributed by atoms with Crippen LogP contribution in [0.3, 0.4) is 0 Å². The second kappa shape index (κ2) is 6.35. The topological polar surface area (TPSA) is 24.5 Å². The number of ether oxygens (including phenoxy) is 1. The second-order valence-corrected chi connectivity index (χ2v) is 3.57. The third-order valence-corrected chi connectivity index (χ3v) is 2.34. The molecule has 78 valence electrons. The first-order chi connectivity index (χ1) is 6.38. The van der Waals surface area contributed by atoms with Gasteiger partial charge < -0.3 is 10.1 Å². The Hall–Kier alpha value is -0.120. The fourth-order valence-corrected chi connectivity index (χ4v) is 1.76. The van der Waals surface area contributed by atoms with Crippen molar-refractivity contribution in [3.63, 3.8) is 0 Å². The van der Waals surface area contributed by atoms with Crippen molar-refractivity contribution in [3.05, 3.63) is 0 Å². The van der Waals surface area contributed by atoms with E-state index in [1.165, 1.54) is 12.8 Å². The summed E-state index contributed by atoms with van der Waals surface area (Å²) in [5, 5.41) is 3.37. The normalized spacial score (nSPS) is 23.8. The standard InChI is InChI=1S/C10H22N2O/c1-3-6-12(7-4-2)10-9-11-5-8-13-10/h10-11H,3-9H2,1-2H3. The van der Waals surface area contributed by atoms with Crippen molar-refractivity contribution < 1.29 is 4.74 Å². The van der Waals surface area contributed by atoms with Crippen LogP contribution in [0.4, 0.5) is 0 Å². The lowest BCUT2D eigenvalue weighted by Crippen LogP contribution is -2.49. The van der Waals surface area contributed by atoms with Gasteiger partial charge in [0.1, 0.15) is 6.23 Å². The summed E-state index contributed by atoms with van der Waals surface area (Å²) >= 11 is 0. The number of hydrogen-bond donors (Lipinski definition) is 1. The average molecular weight is 186 g/mol. The van der Waals surface area contributed by atoms with Crippen LogP contribution in [0.25, 0.3) is 0 Å². The van der Waals surface area contributed by atoms with Gasteiger partial charge in [-0.2, -0.15) is 0 Å². The lowest BCUT2D eigenvalue weighted by atomic mass is 10.3. The number of hydrogen-bond acceptors (Lipinski definition) is 3. The van der Waals surface area contributed by atoms with Gasteiger partial charge in [0.2, 0.25) is 0 Å². The van der Waals surface area contributed by atoms with Crippen LogP contribution in [0.5, 0.6) is 0 Å². The Labute approximate surface area is 81.4 Å². The van der Waals surface area contributed by atoms with Crippen molar-refractivity contribution in [2.45, 2.75) is 32.9 Å². The second-order valence-electron chi connectivity index (χ2n) is 3.57. The summed E-state index contributed by atoms with van der Waals surface area (Å²) in [6, 6.07) is 0. The molecule has 3 nitrogen and oxygen atoms in total. The van der Waals surface area contributed by atoms with Crippen molar-refractivity contribution in [2.24, 2.45) is 0 Å². The minimum atomic E-state index is 0.314. The average Bonchev–Trinajstić information content (AvgIpc) is 2.19. The van der Waals surface area contributed by atoms with Gasteiger partial charge in [-0.25, -0.2) is 0 Å². The van der Waals surface area contributed by atoms with Crippen LogP contribution >= 0.6 is 0 Å². The quantitative estimate of drug-likeness (QED) is 0.694. The molecule has 3 heteroatoms. The Morgan fingerprint density at radius 3 is 2.46 bits per heavy atom. The monoisotopic (exact) mass is 186 g/mol. The molecule has 1 unspecified atom stereocenters. The largest absolute Gasteiger partial charge is 0.360 e. The van der Waals surface area contributed by atoms with Crippen LogP contribution in [0.1, 0.15) is 26.7 Å². The van der Waals surface area contributed by atoms with E-state index in [1.807, 2.05) is 0 Å². The maximum atomic E-state index is 5.71. The van der Waals surface area contributed by atoms with Crippen LogP contribution in [-0.4, -0.2) is 43.9 Å². The summed E-state index contributed by atoms with van der Waals surface area (Å²) in [4.78, 5) is 2.44. The minimum Gasteiger partial charge on any atom is -0.360 e. The molecule has 1 aliphatic heterocycles. The zero-order valence-corrected chi connectivity index (χ0v) is 8.88. The maximum Gasteiger partial charge on any atom is 0.123 e. The van der Waals surface area contributed by atoms with Crippen molar-refractivity contribution >= 4 is 0 Å². The van der Waals surface area contributed by atoms with Gasteiger partial charge in [-0.1, -0.05) is 13.8 Å². The molecule has 1 aliphatic rings. The third-order valence-electron chi connectivity index (χ3n) is 2.34.